The number of anilines is 1. The van der Waals surface area contributed by atoms with Gasteiger partial charge < -0.3 is 10.1 Å². The Bertz CT molecular complexity index is 1120. The quantitative estimate of drug-likeness (QED) is 0.470. The van der Waals surface area contributed by atoms with E-state index < -0.39 is 10.0 Å². The van der Waals surface area contributed by atoms with Crippen LogP contribution in [0.1, 0.15) is 29.3 Å². The first-order valence-electron chi connectivity index (χ1n) is 10.0. The lowest BCUT2D eigenvalue weighted by Crippen LogP contribution is -2.25. The van der Waals surface area contributed by atoms with E-state index >= 15 is 0 Å². The molecule has 1 aromatic heterocycles. The van der Waals surface area contributed by atoms with Crippen molar-refractivity contribution in [2.24, 2.45) is 0 Å². The van der Waals surface area contributed by atoms with Crippen LogP contribution >= 0.6 is 0 Å². The highest BCUT2D eigenvalue weighted by Gasteiger charge is 2.15. The van der Waals surface area contributed by atoms with Gasteiger partial charge in [0, 0.05) is 30.5 Å². The lowest BCUT2D eigenvalue weighted by molar-refractivity contribution is 0.0952. The molecule has 0 unspecified atom stereocenters. The zero-order valence-corrected chi connectivity index (χ0v) is 18.4. The smallest absolute Gasteiger partial charge is 0.261 e. The fourth-order valence-corrected chi connectivity index (χ4v) is 4.00. The predicted molar refractivity (Wildman–Crippen MR) is 119 cm³/mol. The second kappa shape index (κ2) is 10.1. The number of benzene rings is 2. The minimum absolute atomic E-state index is 0.111. The summed E-state index contributed by atoms with van der Waals surface area (Å²) in [5.74, 6) is 0.335. The molecule has 2 N–H and O–H groups in total. The van der Waals surface area contributed by atoms with Crippen LogP contribution in [0.5, 0.6) is 5.75 Å². The molecule has 0 aliphatic heterocycles. The molecule has 1 heterocycles. The third kappa shape index (κ3) is 6.32. The molecule has 31 heavy (non-hydrogen) atoms. The number of rotatable bonds is 10. The number of carbonyl (C=O) groups excluding carboxylic acids is 1. The van der Waals surface area contributed by atoms with Crippen molar-refractivity contribution in [1.29, 1.82) is 0 Å². The van der Waals surface area contributed by atoms with Gasteiger partial charge in [-0.15, -0.1) is 0 Å². The van der Waals surface area contributed by atoms with Crippen LogP contribution in [-0.2, 0) is 16.6 Å². The first-order chi connectivity index (χ1) is 14.9. The van der Waals surface area contributed by atoms with Crippen molar-refractivity contribution in [3.8, 4) is 5.75 Å². The third-order valence-electron chi connectivity index (χ3n) is 4.43. The van der Waals surface area contributed by atoms with Gasteiger partial charge >= 0.3 is 0 Å². The number of nitrogens with zero attached hydrogens (tertiary/aromatic N) is 2. The van der Waals surface area contributed by atoms with Crippen molar-refractivity contribution >= 4 is 21.6 Å². The van der Waals surface area contributed by atoms with Gasteiger partial charge in [0.15, 0.2) is 0 Å². The van der Waals surface area contributed by atoms with Crippen molar-refractivity contribution in [3.05, 3.63) is 72.1 Å². The summed E-state index contributed by atoms with van der Waals surface area (Å²) in [6, 6.07) is 12.6. The van der Waals surface area contributed by atoms with Crippen molar-refractivity contribution in [2.75, 3.05) is 17.9 Å². The Kier molecular flexibility index (Phi) is 7.30. The van der Waals surface area contributed by atoms with E-state index in [0.29, 0.717) is 36.7 Å². The fourth-order valence-electron chi connectivity index (χ4n) is 2.95. The summed E-state index contributed by atoms with van der Waals surface area (Å²) in [6.07, 6.45) is 4.47. The summed E-state index contributed by atoms with van der Waals surface area (Å²) in [4.78, 5) is 12.5. The molecular formula is C22H26N4O4S. The van der Waals surface area contributed by atoms with Gasteiger partial charge in [0.05, 0.1) is 17.7 Å². The summed E-state index contributed by atoms with van der Waals surface area (Å²) in [7, 11) is -3.78. The Labute approximate surface area is 182 Å². The maximum absolute atomic E-state index is 12.6. The van der Waals surface area contributed by atoms with Crippen LogP contribution in [0.15, 0.2) is 65.8 Å². The molecule has 9 heteroatoms. The highest BCUT2D eigenvalue weighted by molar-refractivity contribution is 7.92. The number of hydrogen-bond acceptors (Lipinski definition) is 5. The van der Waals surface area contributed by atoms with Crippen LogP contribution in [0.25, 0.3) is 0 Å². The maximum atomic E-state index is 12.6. The number of amides is 1. The summed E-state index contributed by atoms with van der Waals surface area (Å²) in [6.45, 7) is 5.52. The average molecular weight is 443 g/mol. The van der Waals surface area contributed by atoms with Gasteiger partial charge in [0.1, 0.15) is 5.75 Å². The van der Waals surface area contributed by atoms with Crippen LogP contribution in [0, 0.1) is 6.92 Å². The van der Waals surface area contributed by atoms with E-state index in [4.69, 9.17) is 4.74 Å². The SMILES string of the molecule is CCOc1ccc(S(=O)(=O)Nc2cccc(C(=O)NCCCn3cc(C)cn3)c2)cc1. The average Bonchev–Trinajstić information content (AvgIpc) is 3.16. The van der Waals surface area contributed by atoms with Gasteiger partial charge in [-0.05, 0) is 68.3 Å². The van der Waals surface area contributed by atoms with E-state index in [-0.39, 0.29) is 10.8 Å². The molecular weight excluding hydrogens is 416 g/mol. The molecule has 0 aliphatic carbocycles. The minimum atomic E-state index is -3.78. The second-order valence-corrected chi connectivity index (χ2v) is 8.66. The summed E-state index contributed by atoms with van der Waals surface area (Å²) in [5.41, 5.74) is 1.78. The van der Waals surface area contributed by atoms with Crippen LogP contribution < -0.4 is 14.8 Å². The Morgan fingerprint density at radius 3 is 2.61 bits per heavy atom. The molecule has 8 nitrogen and oxygen atoms in total. The molecule has 0 spiro atoms. The van der Waals surface area contributed by atoms with E-state index in [1.54, 1.807) is 36.5 Å². The van der Waals surface area contributed by atoms with Gasteiger partial charge in [0.2, 0.25) is 0 Å². The van der Waals surface area contributed by atoms with Crippen LogP contribution in [0.2, 0.25) is 0 Å². The molecule has 1 amide bonds. The van der Waals surface area contributed by atoms with Crippen LogP contribution in [0.4, 0.5) is 5.69 Å². The molecule has 0 saturated heterocycles. The topological polar surface area (TPSA) is 102 Å². The molecule has 0 radical (unpaired) electrons. The van der Waals surface area contributed by atoms with Gasteiger partial charge in [-0.1, -0.05) is 6.07 Å². The number of sulfonamides is 1. The van der Waals surface area contributed by atoms with Crippen LogP contribution in [0.3, 0.4) is 0 Å². The van der Waals surface area contributed by atoms with E-state index in [0.717, 1.165) is 12.0 Å². The molecule has 0 saturated carbocycles. The Balaban J connectivity index is 1.57. The van der Waals surface area contributed by atoms with Crippen molar-refractivity contribution in [2.45, 2.75) is 31.7 Å². The number of nitrogens with one attached hydrogen (secondary N) is 2. The third-order valence-corrected chi connectivity index (χ3v) is 5.83. The Morgan fingerprint density at radius 1 is 1.16 bits per heavy atom. The van der Waals surface area contributed by atoms with Gasteiger partial charge in [-0.3, -0.25) is 14.2 Å². The highest BCUT2D eigenvalue weighted by Crippen LogP contribution is 2.20. The molecule has 3 rings (SSSR count). The molecule has 0 atom stereocenters. The van der Waals surface area contributed by atoms with Crippen LogP contribution in [-0.4, -0.2) is 37.3 Å². The molecule has 0 aliphatic rings. The molecule has 2 aromatic carbocycles. The Morgan fingerprint density at radius 2 is 1.94 bits per heavy atom. The van der Waals surface area contributed by atoms with Gasteiger partial charge in [0.25, 0.3) is 15.9 Å². The van der Waals surface area contributed by atoms with E-state index in [9.17, 15) is 13.2 Å². The number of carbonyl (C=O) groups is 1. The highest BCUT2D eigenvalue weighted by atomic mass is 32.2. The number of hydrogen-bond donors (Lipinski definition) is 2. The zero-order valence-electron chi connectivity index (χ0n) is 17.5. The van der Waals surface area contributed by atoms with E-state index in [2.05, 4.69) is 15.1 Å². The summed E-state index contributed by atoms with van der Waals surface area (Å²) >= 11 is 0. The van der Waals surface area contributed by atoms with Gasteiger partial charge in [-0.2, -0.15) is 5.10 Å². The molecule has 3 aromatic rings. The monoisotopic (exact) mass is 442 g/mol. The first-order valence-corrected chi connectivity index (χ1v) is 11.5. The molecule has 164 valence electrons. The largest absolute Gasteiger partial charge is 0.494 e. The molecule has 0 fully saturated rings. The molecule has 0 bridgehead atoms. The lowest BCUT2D eigenvalue weighted by atomic mass is 10.2. The number of aromatic nitrogens is 2. The number of ether oxygens (including phenoxy) is 1. The number of aryl methyl sites for hydroxylation is 2. The van der Waals surface area contributed by atoms with E-state index in [1.807, 2.05) is 24.7 Å². The standard InChI is InChI=1S/C22H26N4O4S/c1-3-30-20-8-10-21(11-9-20)31(28,29)25-19-7-4-6-18(14-19)22(27)23-12-5-13-26-16-17(2)15-24-26/h4,6-11,14-16,25H,3,5,12-13H2,1-2H3,(H,23,27). The second-order valence-electron chi connectivity index (χ2n) is 6.98. The van der Waals surface area contributed by atoms with E-state index in [1.165, 1.54) is 18.2 Å². The Hall–Kier alpha value is -3.33. The zero-order chi connectivity index (χ0) is 22.3. The van der Waals surface area contributed by atoms with Gasteiger partial charge in [-0.25, -0.2) is 8.42 Å². The first kappa shape index (κ1) is 22.4. The normalized spacial score (nSPS) is 11.2. The predicted octanol–water partition coefficient (Wildman–Crippen LogP) is 3.21. The van der Waals surface area contributed by atoms with Crippen molar-refractivity contribution in [1.82, 2.24) is 15.1 Å². The minimum Gasteiger partial charge on any atom is -0.494 e. The maximum Gasteiger partial charge on any atom is 0.261 e. The lowest BCUT2D eigenvalue weighted by Gasteiger charge is -2.11. The fraction of sp³-hybridized carbons (Fsp3) is 0.273. The van der Waals surface area contributed by atoms with Crippen molar-refractivity contribution in [3.63, 3.8) is 0 Å². The summed E-state index contributed by atoms with van der Waals surface area (Å²) < 4.78 is 35.0. The summed E-state index contributed by atoms with van der Waals surface area (Å²) in [5, 5.41) is 7.05. The van der Waals surface area contributed by atoms with Crippen molar-refractivity contribution < 1.29 is 17.9 Å².